The lowest BCUT2D eigenvalue weighted by atomic mass is 9.61. The van der Waals surface area contributed by atoms with E-state index in [0.717, 1.165) is 35.7 Å². The van der Waals surface area contributed by atoms with Gasteiger partial charge in [0.2, 0.25) is 0 Å². The number of carbonyl (C=O) groups is 1. The van der Waals surface area contributed by atoms with Crippen LogP contribution in [0.15, 0.2) is 24.3 Å². The van der Waals surface area contributed by atoms with Gasteiger partial charge in [-0.1, -0.05) is 34.7 Å². The van der Waals surface area contributed by atoms with Crippen LogP contribution in [0.3, 0.4) is 0 Å². The molecule has 4 rings (SSSR count). The van der Waals surface area contributed by atoms with E-state index in [1.807, 2.05) is 19.1 Å². The van der Waals surface area contributed by atoms with Crippen LogP contribution in [0.25, 0.3) is 0 Å². The summed E-state index contributed by atoms with van der Waals surface area (Å²) in [6.07, 6.45) is 3.13. The Bertz CT molecular complexity index is 627. The summed E-state index contributed by atoms with van der Waals surface area (Å²) in [4.78, 5) is 12.7. The molecule has 5 heteroatoms. The van der Waals surface area contributed by atoms with Gasteiger partial charge in [0.15, 0.2) is 0 Å². The van der Waals surface area contributed by atoms with Gasteiger partial charge in [-0.2, -0.15) is 5.26 Å². The van der Waals surface area contributed by atoms with Gasteiger partial charge in [0.05, 0.1) is 35.4 Å². The summed E-state index contributed by atoms with van der Waals surface area (Å²) in [6.45, 7) is 2.23. The van der Waals surface area contributed by atoms with E-state index in [-0.39, 0.29) is 17.7 Å². The molecule has 23 heavy (non-hydrogen) atoms. The van der Waals surface area contributed by atoms with Crippen molar-refractivity contribution in [3.63, 3.8) is 0 Å². The van der Waals surface area contributed by atoms with Crippen LogP contribution >= 0.6 is 22.6 Å². The number of alkyl halides is 1. The molecule has 122 valence electrons. The van der Waals surface area contributed by atoms with E-state index in [0.29, 0.717) is 12.2 Å². The second-order valence-corrected chi connectivity index (χ2v) is 7.19. The van der Waals surface area contributed by atoms with E-state index in [9.17, 15) is 4.79 Å². The maximum atomic E-state index is 12.7. The molecule has 1 saturated carbocycles. The summed E-state index contributed by atoms with van der Waals surface area (Å²) in [5.41, 5.74) is 0.861. The van der Waals surface area contributed by atoms with Crippen LogP contribution in [-0.4, -0.2) is 22.6 Å². The Morgan fingerprint density at radius 2 is 2.00 bits per heavy atom. The lowest BCUT2D eigenvalue weighted by Gasteiger charge is -2.55. The van der Waals surface area contributed by atoms with Gasteiger partial charge in [0.25, 0.3) is 0 Å². The second kappa shape index (κ2) is 6.40. The third-order valence-corrected chi connectivity index (χ3v) is 6.58. The zero-order valence-corrected chi connectivity index (χ0v) is 15.3. The van der Waals surface area contributed by atoms with Crippen LogP contribution in [0.4, 0.5) is 0 Å². The largest absolute Gasteiger partial charge is 0.465 e. The number of esters is 1. The van der Waals surface area contributed by atoms with Gasteiger partial charge in [-0.3, -0.25) is 4.79 Å². The van der Waals surface area contributed by atoms with Gasteiger partial charge in [-0.15, -0.1) is 0 Å². The molecule has 3 aliphatic rings. The van der Waals surface area contributed by atoms with Crippen molar-refractivity contribution in [3.8, 4) is 6.07 Å². The average molecular weight is 425 g/mol. The van der Waals surface area contributed by atoms with E-state index in [1.54, 1.807) is 12.1 Å². The van der Waals surface area contributed by atoms with Crippen LogP contribution < -0.4 is 0 Å². The Morgan fingerprint density at radius 3 is 2.52 bits per heavy atom. The molecule has 0 amide bonds. The van der Waals surface area contributed by atoms with Crippen molar-refractivity contribution < 1.29 is 14.3 Å². The molecule has 2 heterocycles. The fraction of sp³-hybridized carbons (Fsp3) is 0.556. The molecule has 0 radical (unpaired) electrons. The highest BCUT2D eigenvalue weighted by atomic mass is 127. The SMILES string of the molecule is CCOC(=O)C12CCC(CI)(CC1)OC2c1ccc(C#N)cc1. The van der Waals surface area contributed by atoms with Crippen LogP contribution in [0.1, 0.15) is 49.8 Å². The highest BCUT2D eigenvalue weighted by Crippen LogP contribution is 2.59. The molecule has 1 unspecified atom stereocenters. The molecular formula is C18H20INO3. The van der Waals surface area contributed by atoms with Crippen molar-refractivity contribution in [1.82, 2.24) is 0 Å². The third kappa shape index (κ3) is 2.76. The highest BCUT2D eigenvalue weighted by molar-refractivity contribution is 14.1. The predicted molar refractivity (Wildman–Crippen MR) is 94.1 cm³/mol. The number of halogens is 1. The van der Waals surface area contributed by atoms with Gasteiger partial charge in [-0.05, 0) is 50.3 Å². The number of rotatable bonds is 4. The highest BCUT2D eigenvalue weighted by Gasteiger charge is 2.60. The van der Waals surface area contributed by atoms with E-state index < -0.39 is 5.41 Å². The molecule has 1 aliphatic carbocycles. The summed E-state index contributed by atoms with van der Waals surface area (Å²) < 4.78 is 12.8. The summed E-state index contributed by atoms with van der Waals surface area (Å²) in [7, 11) is 0. The predicted octanol–water partition coefficient (Wildman–Crippen LogP) is 3.93. The molecule has 0 aromatic heterocycles. The maximum absolute atomic E-state index is 12.7. The van der Waals surface area contributed by atoms with Crippen molar-refractivity contribution in [2.75, 3.05) is 11.0 Å². The average Bonchev–Trinajstić information content (AvgIpc) is 2.63. The first-order valence-corrected chi connectivity index (χ1v) is 9.53. The summed E-state index contributed by atoms with van der Waals surface area (Å²) in [6, 6.07) is 9.52. The number of fused-ring (bicyclic) bond motifs is 3. The number of benzene rings is 1. The van der Waals surface area contributed by atoms with Gasteiger partial charge in [-0.25, -0.2) is 0 Å². The van der Waals surface area contributed by atoms with Gasteiger partial charge in [0.1, 0.15) is 0 Å². The van der Waals surface area contributed by atoms with Crippen LogP contribution in [0.2, 0.25) is 0 Å². The molecule has 2 saturated heterocycles. The number of hydrogen-bond acceptors (Lipinski definition) is 4. The molecule has 2 aliphatic heterocycles. The Hall–Kier alpha value is -1.13. The fourth-order valence-electron chi connectivity index (χ4n) is 3.77. The first-order valence-electron chi connectivity index (χ1n) is 8.00. The van der Waals surface area contributed by atoms with E-state index in [2.05, 4.69) is 28.7 Å². The second-order valence-electron chi connectivity index (χ2n) is 6.42. The lowest BCUT2D eigenvalue weighted by Crippen LogP contribution is -2.57. The number of carbonyl (C=O) groups excluding carboxylic acids is 1. The minimum Gasteiger partial charge on any atom is -0.465 e. The maximum Gasteiger partial charge on any atom is 0.315 e. The van der Waals surface area contributed by atoms with Crippen LogP contribution in [0.5, 0.6) is 0 Å². The molecule has 1 aromatic carbocycles. The molecule has 2 bridgehead atoms. The normalized spacial score (nSPS) is 32.3. The van der Waals surface area contributed by atoms with Crippen molar-refractivity contribution >= 4 is 28.6 Å². The zero-order chi connectivity index (χ0) is 16.5. The molecule has 0 spiro atoms. The number of nitriles is 1. The first-order chi connectivity index (χ1) is 11.1. The molecule has 4 nitrogen and oxygen atoms in total. The van der Waals surface area contributed by atoms with Gasteiger partial charge in [0, 0.05) is 4.43 Å². The van der Waals surface area contributed by atoms with E-state index in [4.69, 9.17) is 14.7 Å². The summed E-state index contributed by atoms with van der Waals surface area (Å²) >= 11 is 2.38. The molecule has 1 aromatic rings. The summed E-state index contributed by atoms with van der Waals surface area (Å²) in [5, 5.41) is 8.98. The minimum atomic E-state index is -0.586. The van der Waals surface area contributed by atoms with Gasteiger partial charge >= 0.3 is 5.97 Å². The minimum absolute atomic E-state index is 0.132. The quantitative estimate of drug-likeness (QED) is 0.417. The lowest BCUT2D eigenvalue weighted by molar-refractivity contribution is -0.235. The standard InChI is InChI=1S/C18H20INO3/c1-2-22-16(21)18-9-7-17(12-19,8-10-18)23-15(18)14-5-3-13(11-20)4-6-14/h3-6,15H,2,7-10,12H2,1H3. The monoisotopic (exact) mass is 425 g/mol. The topological polar surface area (TPSA) is 59.3 Å². The van der Waals surface area contributed by atoms with Crippen molar-refractivity contribution in [2.45, 2.75) is 44.3 Å². The molecule has 3 fully saturated rings. The third-order valence-electron chi connectivity index (χ3n) is 5.19. The van der Waals surface area contributed by atoms with Crippen LogP contribution in [0, 0.1) is 16.7 Å². The Morgan fingerprint density at radius 1 is 1.35 bits per heavy atom. The Kier molecular flexibility index (Phi) is 4.65. The molecular weight excluding hydrogens is 405 g/mol. The first kappa shape index (κ1) is 16.7. The van der Waals surface area contributed by atoms with Crippen molar-refractivity contribution in [1.29, 1.82) is 5.26 Å². The molecule has 0 N–H and O–H groups in total. The zero-order valence-electron chi connectivity index (χ0n) is 13.2. The number of ether oxygens (including phenoxy) is 2. The smallest absolute Gasteiger partial charge is 0.315 e. The van der Waals surface area contributed by atoms with E-state index >= 15 is 0 Å². The number of nitrogens with zero attached hydrogens (tertiary/aromatic N) is 1. The van der Waals surface area contributed by atoms with Crippen molar-refractivity contribution in [3.05, 3.63) is 35.4 Å². The van der Waals surface area contributed by atoms with Crippen molar-refractivity contribution in [2.24, 2.45) is 5.41 Å². The van der Waals surface area contributed by atoms with E-state index in [1.165, 1.54) is 0 Å². The summed E-state index contributed by atoms with van der Waals surface area (Å²) in [5.74, 6) is -0.142. The van der Waals surface area contributed by atoms with Crippen LogP contribution in [-0.2, 0) is 14.3 Å². The molecule has 1 atom stereocenters. The fourth-order valence-corrected chi connectivity index (χ4v) is 4.71. The van der Waals surface area contributed by atoms with Gasteiger partial charge < -0.3 is 9.47 Å². The Balaban J connectivity index is 1.99. The number of hydrogen-bond donors (Lipinski definition) is 0. The Labute approximate surface area is 150 Å².